The van der Waals surface area contributed by atoms with E-state index in [0.29, 0.717) is 0 Å². The Morgan fingerprint density at radius 3 is 2.20 bits per heavy atom. The van der Waals surface area contributed by atoms with Crippen molar-refractivity contribution in [3.63, 3.8) is 0 Å². The van der Waals surface area contributed by atoms with Gasteiger partial charge in [0.15, 0.2) is 0 Å². The standard InChI is InChI=1S/C16H21NO3/c1-11(15(19)20)17-14(18)10-7-12-5-8-13(9-6-12)16(2,3)4/h5-11H,1-4H3,(H,17,18)(H,19,20)/b10-7+/t11-/m1/s1. The van der Waals surface area contributed by atoms with Crippen LogP contribution in [0.4, 0.5) is 0 Å². The highest BCUT2D eigenvalue weighted by atomic mass is 16.4. The maximum atomic E-state index is 11.5. The van der Waals surface area contributed by atoms with Gasteiger partial charge in [-0.1, -0.05) is 45.0 Å². The molecular formula is C16H21NO3. The van der Waals surface area contributed by atoms with Crippen molar-refractivity contribution in [3.05, 3.63) is 41.5 Å². The second kappa shape index (κ2) is 6.37. The fourth-order valence-corrected chi connectivity index (χ4v) is 1.59. The second-order valence-corrected chi connectivity index (χ2v) is 5.77. The maximum absolute atomic E-state index is 11.5. The van der Waals surface area contributed by atoms with Crippen molar-refractivity contribution in [2.24, 2.45) is 0 Å². The van der Waals surface area contributed by atoms with E-state index in [-0.39, 0.29) is 5.41 Å². The molecule has 0 saturated heterocycles. The Hall–Kier alpha value is -2.10. The van der Waals surface area contributed by atoms with E-state index in [1.807, 2.05) is 24.3 Å². The van der Waals surface area contributed by atoms with E-state index in [4.69, 9.17) is 5.11 Å². The molecule has 0 heterocycles. The van der Waals surface area contributed by atoms with Crippen LogP contribution in [-0.2, 0) is 15.0 Å². The predicted molar refractivity (Wildman–Crippen MR) is 79.4 cm³/mol. The van der Waals surface area contributed by atoms with E-state index in [1.165, 1.54) is 18.6 Å². The number of benzene rings is 1. The summed E-state index contributed by atoms with van der Waals surface area (Å²) in [4.78, 5) is 22.1. The van der Waals surface area contributed by atoms with Crippen molar-refractivity contribution < 1.29 is 14.7 Å². The Morgan fingerprint density at radius 1 is 1.20 bits per heavy atom. The van der Waals surface area contributed by atoms with Crippen molar-refractivity contribution in [1.29, 1.82) is 0 Å². The Labute approximate surface area is 119 Å². The summed E-state index contributed by atoms with van der Waals surface area (Å²) in [6.45, 7) is 7.84. The summed E-state index contributed by atoms with van der Waals surface area (Å²) in [6.07, 6.45) is 3.00. The summed E-state index contributed by atoms with van der Waals surface area (Å²) in [5.41, 5.74) is 2.21. The quantitative estimate of drug-likeness (QED) is 0.830. The van der Waals surface area contributed by atoms with Gasteiger partial charge in [-0.05, 0) is 29.5 Å². The Bertz CT molecular complexity index is 510. The average Bonchev–Trinajstić information content (AvgIpc) is 2.35. The molecule has 1 aromatic rings. The summed E-state index contributed by atoms with van der Waals surface area (Å²) in [7, 11) is 0. The Balaban J connectivity index is 2.67. The number of hydrogen-bond acceptors (Lipinski definition) is 2. The van der Waals surface area contributed by atoms with Crippen molar-refractivity contribution in [2.75, 3.05) is 0 Å². The molecule has 0 radical (unpaired) electrons. The lowest BCUT2D eigenvalue weighted by molar-refractivity contribution is -0.140. The lowest BCUT2D eigenvalue weighted by atomic mass is 9.87. The number of carbonyl (C=O) groups excluding carboxylic acids is 1. The van der Waals surface area contributed by atoms with E-state index in [0.717, 1.165) is 5.56 Å². The minimum atomic E-state index is -1.05. The number of carboxylic acid groups (broad SMARTS) is 1. The molecule has 0 unspecified atom stereocenters. The van der Waals surface area contributed by atoms with Crippen molar-refractivity contribution in [3.8, 4) is 0 Å². The summed E-state index contributed by atoms with van der Waals surface area (Å²) >= 11 is 0. The summed E-state index contributed by atoms with van der Waals surface area (Å²) in [5.74, 6) is -1.47. The van der Waals surface area contributed by atoms with Crippen LogP contribution in [0, 0.1) is 0 Å². The van der Waals surface area contributed by atoms with Gasteiger partial charge in [-0.25, -0.2) is 0 Å². The van der Waals surface area contributed by atoms with Gasteiger partial charge in [-0.15, -0.1) is 0 Å². The first kappa shape index (κ1) is 16.0. The van der Waals surface area contributed by atoms with E-state index >= 15 is 0 Å². The second-order valence-electron chi connectivity index (χ2n) is 5.77. The first-order valence-electron chi connectivity index (χ1n) is 6.52. The normalized spacial score (nSPS) is 13.2. The molecule has 1 atom stereocenters. The van der Waals surface area contributed by atoms with Crippen molar-refractivity contribution >= 4 is 18.0 Å². The fraction of sp³-hybridized carbons (Fsp3) is 0.375. The third kappa shape index (κ3) is 4.88. The van der Waals surface area contributed by atoms with Gasteiger partial charge in [0.05, 0.1) is 0 Å². The van der Waals surface area contributed by atoms with Crippen LogP contribution >= 0.6 is 0 Å². The molecule has 108 valence electrons. The number of carboxylic acids is 1. The van der Waals surface area contributed by atoms with Crippen LogP contribution in [0.5, 0.6) is 0 Å². The van der Waals surface area contributed by atoms with Crippen LogP contribution in [0.2, 0.25) is 0 Å². The molecule has 1 amide bonds. The maximum Gasteiger partial charge on any atom is 0.325 e. The molecule has 0 aromatic heterocycles. The first-order chi connectivity index (χ1) is 9.20. The minimum absolute atomic E-state index is 0.0938. The number of rotatable bonds is 4. The zero-order valence-corrected chi connectivity index (χ0v) is 12.3. The van der Waals surface area contributed by atoms with E-state index in [2.05, 4.69) is 26.1 Å². The minimum Gasteiger partial charge on any atom is -0.480 e. The third-order valence-electron chi connectivity index (χ3n) is 2.93. The largest absolute Gasteiger partial charge is 0.480 e. The van der Waals surface area contributed by atoms with Crippen LogP contribution in [0.25, 0.3) is 6.08 Å². The van der Waals surface area contributed by atoms with Crippen molar-refractivity contribution in [2.45, 2.75) is 39.2 Å². The monoisotopic (exact) mass is 275 g/mol. The van der Waals surface area contributed by atoms with Gasteiger partial charge in [0, 0.05) is 6.08 Å². The average molecular weight is 275 g/mol. The lowest BCUT2D eigenvalue weighted by Gasteiger charge is -2.18. The van der Waals surface area contributed by atoms with Gasteiger partial charge in [0.2, 0.25) is 5.91 Å². The first-order valence-corrected chi connectivity index (χ1v) is 6.52. The zero-order valence-electron chi connectivity index (χ0n) is 12.3. The van der Waals surface area contributed by atoms with Crippen LogP contribution in [0.15, 0.2) is 30.3 Å². The van der Waals surface area contributed by atoms with Gasteiger partial charge in [0.1, 0.15) is 6.04 Å². The van der Waals surface area contributed by atoms with Gasteiger partial charge in [0.25, 0.3) is 0 Å². The molecule has 0 bridgehead atoms. The molecule has 20 heavy (non-hydrogen) atoms. The van der Waals surface area contributed by atoms with E-state index in [9.17, 15) is 9.59 Å². The SMILES string of the molecule is C[C@@H](NC(=O)/C=C/c1ccc(C(C)(C)C)cc1)C(=O)O. The molecular weight excluding hydrogens is 254 g/mol. The number of amides is 1. The molecule has 0 fully saturated rings. The third-order valence-corrected chi connectivity index (χ3v) is 2.93. The molecule has 1 rings (SSSR count). The fourth-order valence-electron chi connectivity index (χ4n) is 1.59. The smallest absolute Gasteiger partial charge is 0.325 e. The highest BCUT2D eigenvalue weighted by molar-refractivity contribution is 5.94. The molecule has 0 aliphatic heterocycles. The molecule has 0 spiro atoms. The van der Waals surface area contributed by atoms with E-state index in [1.54, 1.807) is 6.08 Å². The summed E-state index contributed by atoms with van der Waals surface area (Å²) in [6, 6.07) is 7.03. The molecule has 4 heteroatoms. The number of aliphatic carboxylic acids is 1. The molecule has 4 nitrogen and oxygen atoms in total. The van der Waals surface area contributed by atoms with Crippen LogP contribution in [0.1, 0.15) is 38.8 Å². The van der Waals surface area contributed by atoms with Crippen LogP contribution < -0.4 is 5.32 Å². The number of carbonyl (C=O) groups is 2. The predicted octanol–water partition coefficient (Wildman–Crippen LogP) is 2.59. The molecule has 0 aliphatic rings. The molecule has 0 saturated carbocycles. The number of hydrogen-bond donors (Lipinski definition) is 2. The highest BCUT2D eigenvalue weighted by Gasteiger charge is 2.13. The topological polar surface area (TPSA) is 66.4 Å². The molecule has 1 aromatic carbocycles. The van der Waals surface area contributed by atoms with Crippen molar-refractivity contribution in [1.82, 2.24) is 5.32 Å². The van der Waals surface area contributed by atoms with E-state index < -0.39 is 17.9 Å². The van der Waals surface area contributed by atoms with Crippen LogP contribution in [-0.4, -0.2) is 23.0 Å². The molecule has 0 aliphatic carbocycles. The summed E-state index contributed by atoms with van der Waals surface area (Å²) in [5, 5.41) is 11.0. The van der Waals surface area contributed by atoms with Gasteiger partial charge < -0.3 is 10.4 Å². The zero-order chi connectivity index (χ0) is 15.3. The Kier molecular flexibility index (Phi) is 5.08. The van der Waals surface area contributed by atoms with Crippen LogP contribution in [0.3, 0.4) is 0 Å². The Morgan fingerprint density at radius 2 is 1.75 bits per heavy atom. The number of nitrogens with one attached hydrogen (secondary N) is 1. The van der Waals surface area contributed by atoms with Gasteiger partial charge in [-0.2, -0.15) is 0 Å². The van der Waals surface area contributed by atoms with Gasteiger partial charge in [-0.3, -0.25) is 9.59 Å². The van der Waals surface area contributed by atoms with Gasteiger partial charge >= 0.3 is 5.97 Å². The molecule has 2 N–H and O–H groups in total. The summed E-state index contributed by atoms with van der Waals surface area (Å²) < 4.78 is 0. The lowest BCUT2D eigenvalue weighted by Crippen LogP contribution is -2.37. The highest BCUT2D eigenvalue weighted by Crippen LogP contribution is 2.22.